The van der Waals surface area contributed by atoms with Gasteiger partial charge in [0.2, 0.25) is 0 Å². The Bertz CT molecular complexity index is 2270. The van der Waals surface area contributed by atoms with Crippen LogP contribution in [-0.2, 0) is 0 Å². The van der Waals surface area contributed by atoms with Crippen molar-refractivity contribution in [2.45, 2.75) is 0 Å². The van der Waals surface area contributed by atoms with Crippen molar-refractivity contribution in [2.75, 3.05) is 9.80 Å². The Morgan fingerprint density at radius 1 is 0.362 bits per heavy atom. The van der Waals surface area contributed by atoms with E-state index in [0.29, 0.717) is 0 Å². The maximum Gasteiger partial charge on any atom is 0.252 e. The van der Waals surface area contributed by atoms with Gasteiger partial charge in [0.05, 0.1) is 0 Å². The summed E-state index contributed by atoms with van der Waals surface area (Å²) in [5.41, 5.74) is 14.7. The van der Waals surface area contributed by atoms with Crippen molar-refractivity contribution in [2.24, 2.45) is 0 Å². The summed E-state index contributed by atoms with van der Waals surface area (Å²) in [7, 11) is 0. The summed E-state index contributed by atoms with van der Waals surface area (Å²) in [6.45, 7) is 0.00820. The number of para-hydroxylation sites is 3. The standard InChI is InChI=1S/C42H29BN2O2/c46-34-20-15-28(16-21-34)30-19-24-37-39(25-30)45(33-11-5-2-6-12-33)41-27-31(29-17-22-35(47)23-18-29)26-40-42(41)43(37)36-13-7-8-14-38(36)44(40)32-9-3-1-4-10-32/h1-27,46-47H. The molecule has 2 aliphatic rings. The van der Waals surface area contributed by atoms with Crippen molar-refractivity contribution in [3.63, 3.8) is 0 Å². The van der Waals surface area contributed by atoms with Gasteiger partial charge in [-0.25, -0.2) is 0 Å². The first-order valence-corrected chi connectivity index (χ1v) is 15.8. The fourth-order valence-corrected chi connectivity index (χ4v) is 7.31. The van der Waals surface area contributed by atoms with Gasteiger partial charge in [0.1, 0.15) is 11.5 Å². The first-order valence-electron chi connectivity index (χ1n) is 15.8. The summed E-state index contributed by atoms with van der Waals surface area (Å²) in [6.07, 6.45) is 0. The minimum atomic E-state index is 0.00820. The molecule has 9 rings (SSSR count). The smallest absolute Gasteiger partial charge is 0.252 e. The highest BCUT2D eigenvalue weighted by atomic mass is 16.3. The van der Waals surface area contributed by atoms with Crippen LogP contribution in [0.25, 0.3) is 22.3 Å². The average molecular weight is 605 g/mol. The van der Waals surface area contributed by atoms with E-state index in [1.807, 2.05) is 24.3 Å². The van der Waals surface area contributed by atoms with Gasteiger partial charge in [0.25, 0.3) is 6.71 Å². The van der Waals surface area contributed by atoms with Crippen LogP contribution in [0.2, 0.25) is 0 Å². The van der Waals surface area contributed by atoms with E-state index in [-0.39, 0.29) is 18.2 Å². The number of anilines is 6. The van der Waals surface area contributed by atoms with Gasteiger partial charge < -0.3 is 20.0 Å². The monoisotopic (exact) mass is 604 g/mol. The van der Waals surface area contributed by atoms with Crippen LogP contribution in [0.4, 0.5) is 34.1 Å². The summed E-state index contributed by atoms with van der Waals surface area (Å²) < 4.78 is 0. The Kier molecular flexibility index (Phi) is 6.19. The Labute approximate surface area is 274 Å². The van der Waals surface area contributed by atoms with Crippen LogP contribution in [0.1, 0.15) is 0 Å². The molecule has 5 heteroatoms. The molecule has 0 aliphatic carbocycles. The molecule has 222 valence electrons. The summed E-state index contributed by atoms with van der Waals surface area (Å²) in [6, 6.07) is 56.2. The van der Waals surface area contributed by atoms with Crippen LogP contribution >= 0.6 is 0 Å². The topological polar surface area (TPSA) is 46.9 Å². The second kappa shape index (κ2) is 10.7. The zero-order valence-electron chi connectivity index (χ0n) is 25.5. The molecular weight excluding hydrogens is 575 g/mol. The number of hydrogen-bond acceptors (Lipinski definition) is 4. The van der Waals surface area contributed by atoms with Crippen LogP contribution in [0.15, 0.2) is 164 Å². The van der Waals surface area contributed by atoms with Gasteiger partial charge in [-0.3, -0.25) is 0 Å². The molecule has 2 heterocycles. The Morgan fingerprint density at radius 3 is 1.40 bits per heavy atom. The van der Waals surface area contributed by atoms with Crippen LogP contribution in [0.3, 0.4) is 0 Å². The highest BCUT2D eigenvalue weighted by Crippen LogP contribution is 2.46. The van der Waals surface area contributed by atoms with E-state index in [0.717, 1.165) is 56.4 Å². The average Bonchev–Trinajstić information content (AvgIpc) is 3.12. The molecule has 0 spiro atoms. The molecule has 47 heavy (non-hydrogen) atoms. The van der Waals surface area contributed by atoms with Gasteiger partial charge in [0.15, 0.2) is 0 Å². The lowest BCUT2D eigenvalue weighted by atomic mass is 9.33. The quantitative estimate of drug-likeness (QED) is 0.198. The highest BCUT2D eigenvalue weighted by molar-refractivity contribution is 7.00. The van der Waals surface area contributed by atoms with E-state index in [4.69, 9.17) is 0 Å². The van der Waals surface area contributed by atoms with Crippen molar-refractivity contribution >= 4 is 57.2 Å². The first kappa shape index (κ1) is 27.1. The van der Waals surface area contributed by atoms with E-state index in [9.17, 15) is 10.2 Å². The van der Waals surface area contributed by atoms with Crippen molar-refractivity contribution < 1.29 is 10.2 Å². The molecule has 0 fully saturated rings. The molecule has 0 amide bonds. The minimum Gasteiger partial charge on any atom is -0.508 e. The highest BCUT2D eigenvalue weighted by Gasteiger charge is 2.43. The number of phenols is 2. The van der Waals surface area contributed by atoms with Crippen LogP contribution in [0.5, 0.6) is 11.5 Å². The Morgan fingerprint density at radius 2 is 0.809 bits per heavy atom. The summed E-state index contributed by atoms with van der Waals surface area (Å²) in [4.78, 5) is 4.79. The molecule has 2 aliphatic heterocycles. The molecule has 7 aromatic carbocycles. The van der Waals surface area contributed by atoms with E-state index in [1.54, 1.807) is 24.3 Å². The maximum absolute atomic E-state index is 10.1. The maximum atomic E-state index is 10.1. The molecule has 7 aromatic rings. The molecule has 0 saturated carbocycles. The van der Waals surface area contributed by atoms with E-state index in [2.05, 4.69) is 125 Å². The number of phenolic OH excluding ortho intramolecular Hbond substituents is 2. The number of nitrogens with zero attached hydrogens (tertiary/aromatic N) is 2. The predicted molar refractivity (Wildman–Crippen MR) is 195 cm³/mol. The lowest BCUT2D eigenvalue weighted by Gasteiger charge is -2.44. The second-order valence-electron chi connectivity index (χ2n) is 12.1. The lowest BCUT2D eigenvalue weighted by molar-refractivity contribution is 0.475. The molecule has 0 aromatic heterocycles. The molecule has 0 saturated heterocycles. The number of hydrogen-bond donors (Lipinski definition) is 2. The largest absolute Gasteiger partial charge is 0.508 e. The molecule has 2 N–H and O–H groups in total. The van der Waals surface area contributed by atoms with Gasteiger partial charge in [-0.05, 0) is 111 Å². The van der Waals surface area contributed by atoms with Gasteiger partial charge in [-0.1, -0.05) is 91.0 Å². The molecule has 0 atom stereocenters. The fraction of sp³-hybridized carbons (Fsp3) is 0. The van der Waals surface area contributed by atoms with Crippen molar-refractivity contribution in [3.8, 4) is 33.8 Å². The normalized spacial score (nSPS) is 12.7. The number of fused-ring (bicyclic) bond motifs is 4. The van der Waals surface area contributed by atoms with Crippen molar-refractivity contribution in [3.05, 3.63) is 164 Å². The summed E-state index contributed by atoms with van der Waals surface area (Å²) >= 11 is 0. The van der Waals surface area contributed by atoms with Crippen LogP contribution in [0, 0.1) is 0 Å². The molecule has 0 unspecified atom stereocenters. The zero-order valence-corrected chi connectivity index (χ0v) is 25.5. The first-order chi connectivity index (χ1) is 23.1. The van der Waals surface area contributed by atoms with E-state index < -0.39 is 0 Å². The minimum absolute atomic E-state index is 0.00820. The third-order valence-corrected chi connectivity index (χ3v) is 9.41. The fourth-order valence-electron chi connectivity index (χ4n) is 7.31. The van der Waals surface area contributed by atoms with E-state index >= 15 is 0 Å². The van der Waals surface area contributed by atoms with Gasteiger partial charge >= 0.3 is 0 Å². The van der Waals surface area contributed by atoms with Crippen LogP contribution < -0.4 is 26.2 Å². The van der Waals surface area contributed by atoms with E-state index in [1.165, 1.54) is 16.4 Å². The third-order valence-electron chi connectivity index (χ3n) is 9.41. The summed E-state index contributed by atoms with van der Waals surface area (Å²) in [5, 5.41) is 20.1. The Hall–Kier alpha value is -6.20. The van der Waals surface area contributed by atoms with Crippen molar-refractivity contribution in [1.82, 2.24) is 0 Å². The Balaban J connectivity index is 1.39. The van der Waals surface area contributed by atoms with Crippen LogP contribution in [-0.4, -0.2) is 16.9 Å². The summed E-state index contributed by atoms with van der Waals surface area (Å²) in [5.74, 6) is 0.497. The molecular formula is C42H29BN2O2. The SMILES string of the molecule is Oc1ccc(-c2ccc3c(c2)N(c2ccccc2)c2cc(-c4ccc(O)cc4)cc4c2B3c2ccccc2N4c2ccccc2)cc1. The lowest BCUT2D eigenvalue weighted by Crippen LogP contribution is -2.61. The van der Waals surface area contributed by atoms with Gasteiger partial charge in [-0.15, -0.1) is 0 Å². The van der Waals surface area contributed by atoms with Gasteiger partial charge in [-0.2, -0.15) is 0 Å². The molecule has 0 radical (unpaired) electrons. The molecule has 4 nitrogen and oxygen atoms in total. The third kappa shape index (κ3) is 4.39. The number of aromatic hydroxyl groups is 2. The van der Waals surface area contributed by atoms with Crippen molar-refractivity contribution in [1.29, 1.82) is 0 Å². The number of rotatable bonds is 4. The number of benzene rings is 7. The predicted octanol–water partition coefficient (Wildman–Crippen LogP) is 8.51. The van der Waals surface area contributed by atoms with Gasteiger partial charge in [0, 0.05) is 34.1 Å². The second-order valence-corrected chi connectivity index (χ2v) is 12.1. The zero-order chi connectivity index (χ0) is 31.5. The molecule has 0 bridgehead atoms.